The third kappa shape index (κ3) is 11.6. The highest BCUT2D eigenvalue weighted by Crippen LogP contribution is 2.14. The van der Waals surface area contributed by atoms with Gasteiger partial charge < -0.3 is 5.32 Å². The Labute approximate surface area is 177 Å². The zero-order valence-electron chi connectivity index (χ0n) is 18.5. The van der Waals surface area contributed by atoms with E-state index in [0.717, 1.165) is 18.8 Å². The molecule has 0 bridgehead atoms. The molecule has 0 radical (unpaired) electrons. The summed E-state index contributed by atoms with van der Waals surface area (Å²) >= 11 is 0. The SMILES string of the molecule is CCCCCCCCCCCCCCCCNc1ccc(Cc2nnn[nH]2)cc1. The van der Waals surface area contributed by atoms with Gasteiger partial charge in [0.15, 0.2) is 5.82 Å². The van der Waals surface area contributed by atoms with E-state index < -0.39 is 0 Å². The third-order valence-electron chi connectivity index (χ3n) is 5.57. The van der Waals surface area contributed by atoms with Crippen molar-refractivity contribution in [3.8, 4) is 0 Å². The maximum Gasteiger partial charge on any atom is 0.152 e. The summed E-state index contributed by atoms with van der Waals surface area (Å²) in [7, 11) is 0. The minimum atomic E-state index is 0.742. The first-order valence-corrected chi connectivity index (χ1v) is 11.9. The summed E-state index contributed by atoms with van der Waals surface area (Å²) in [5.41, 5.74) is 2.41. The van der Waals surface area contributed by atoms with Gasteiger partial charge in [-0.25, -0.2) is 5.10 Å². The minimum Gasteiger partial charge on any atom is -0.385 e. The van der Waals surface area contributed by atoms with Crippen LogP contribution in [-0.2, 0) is 6.42 Å². The summed E-state index contributed by atoms with van der Waals surface area (Å²) in [6, 6.07) is 8.55. The number of unbranched alkanes of at least 4 members (excludes halogenated alkanes) is 13. The maximum atomic E-state index is 3.92. The molecule has 0 aliphatic heterocycles. The lowest BCUT2D eigenvalue weighted by Crippen LogP contribution is -2.01. The summed E-state index contributed by atoms with van der Waals surface area (Å²) in [5.74, 6) is 0.799. The zero-order valence-corrected chi connectivity index (χ0v) is 18.5. The molecule has 0 atom stereocenters. The lowest BCUT2D eigenvalue weighted by molar-refractivity contribution is 0.537. The number of rotatable bonds is 18. The molecule has 0 saturated heterocycles. The van der Waals surface area contributed by atoms with Crippen molar-refractivity contribution in [1.82, 2.24) is 20.6 Å². The second kappa shape index (κ2) is 15.9. The number of hydrogen-bond donors (Lipinski definition) is 2. The summed E-state index contributed by atoms with van der Waals surface area (Å²) in [4.78, 5) is 0. The summed E-state index contributed by atoms with van der Waals surface area (Å²) in [5, 5.41) is 17.5. The zero-order chi connectivity index (χ0) is 20.4. The van der Waals surface area contributed by atoms with Gasteiger partial charge in [0.1, 0.15) is 0 Å². The quantitative estimate of drug-likeness (QED) is 0.274. The van der Waals surface area contributed by atoms with Crippen LogP contribution in [0.1, 0.15) is 108 Å². The molecule has 5 nitrogen and oxygen atoms in total. The number of aromatic nitrogens is 4. The van der Waals surface area contributed by atoms with Crippen molar-refractivity contribution >= 4 is 5.69 Å². The molecule has 2 N–H and O–H groups in total. The monoisotopic (exact) mass is 399 g/mol. The van der Waals surface area contributed by atoms with Gasteiger partial charge in [-0.3, -0.25) is 0 Å². The third-order valence-corrected chi connectivity index (χ3v) is 5.57. The van der Waals surface area contributed by atoms with E-state index in [1.165, 1.54) is 101 Å². The van der Waals surface area contributed by atoms with Crippen LogP contribution >= 0.6 is 0 Å². The van der Waals surface area contributed by atoms with Crippen molar-refractivity contribution in [3.63, 3.8) is 0 Å². The number of benzene rings is 1. The average Bonchev–Trinajstić information content (AvgIpc) is 3.25. The van der Waals surface area contributed by atoms with E-state index in [-0.39, 0.29) is 0 Å². The summed E-state index contributed by atoms with van der Waals surface area (Å²) in [6.45, 7) is 3.35. The molecule has 0 unspecified atom stereocenters. The lowest BCUT2D eigenvalue weighted by Gasteiger charge is -2.07. The van der Waals surface area contributed by atoms with Crippen molar-refractivity contribution in [2.45, 2.75) is 103 Å². The van der Waals surface area contributed by atoms with Crippen LogP contribution in [0.4, 0.5) is 5.69 Å². The molecular weight excluding hydrogens is 358 g/mol. The fourth-order valence-electron chi connectivity index (χ4n) is 3.74. The van der Waals surface area contributed by atoms with Crippen LogP contribution in [-0.4, -0.2) is 27.2 Å². The van der Waals surface area contributed by atoms with E-state index in [1.54, 1.807) is 0 Å². The van der Waals surface area contributed by atoms with Crippen LogP contribution in [0.5, 0.6) is 0 Å². The van der Waals surface area contributed by atoms with Crippen LogP contribution in [0.3, 0.4) is 0 Å². The van der Waals surface area contributed by atoms with Gasteiger partial charge in [0.25, 0.3) is 0 Å². The molecule has 0 amide bonds. The van der Waals surface area contributed by atoms with Gasteiger partial charge in [0.05, 0.1) is 0 Å². The Morgan fingerprint density at radius 2 is 1.28 bits per heavy atom. The molecule has 0 aliphatic carbocycles. The van der Waals surface area contributed by atoms with E-state index in [1.807, 2.05) is 0 Å². The standard InChI is InChI=1S/C24H41N5/c1-2-3-4-5-6-7-8-9-10-11-12-13-14-15-20-25-23-18-16-22(17-19-23)21-24-26-28-29-27-24/h16-19,25H,2-15,20-21H2,1H3,(H,26,27,28,29). The van der Waals surface area contributed by atoms with E-state index in [9.17, 15) is 0 Å². The van der Waals surface area contributed by atoms with Crippen LogP contribution in [0, 0.1) is 0 Å². The van der Waals surface area contributed by atoms with Crippen LogP contribution < -0.4 is 5.32 Å². The first-order chi connectivity index (χ1) is 14.4. The Kier molecular flexibility index (Phi) is 12.9. The number of nitrogens with one attached hydrogen (secondary N) is 2. The van der Waals surface area contributed by atoms with E-state index in [4.69, 9.17) is 0 Å². The Hall–Kier alpha value is -1.91. The van der Waals surface area contributed by atoms with E-state index >= 15 is 0 Å². The van der Waals surface area contributed by atoms with Gasteiger partial charge in [-0.1, -0.05) is 103 Å². The molecule has 2 rings (SSSR count). The van der Waals surface area contributed by atoms with Crippen molar-refractivity contribution in [3.05, 3.63) is 35.7 Å². The number of H-pyrrole nitrogens is 1. The molecular formula is C24H41N5. The maximum absolute atomic E-state index is 3.92. The van der Waals surface area contributed by atoms with E-state index in [2.05, 4.69) is 57.1 Å². The molecule has 1 aromatic heterocycles. The van der Waals surface area contributed by atoms with Gasteiger partial charge in [-0.2, -0.15) is 0 Å². The van der Waals surface area contributed by atoms with Gasteiger partial charge in [0, 0.05) is 18.7 Å². The molecule has 2 aromatic rings. The molecule has 0 fully saturated rings. The Morgan fingerprint density at radius 3 is 1.79 bits per heavy atom. The highest BCUT2D eigenvalue weighted by atomic mass is 15.5. The van der Waals surface area contributed by atoms with Gasteiger partial charge in [-0.05, 0) is 34.5 Å². The predicted molar refractivity (Wildman–Crippen MR) is 122 cm³/mol. The highest BCUT2D eigenvalue weighted by molar-refractivity contribution is 5.44. The summed E-state index contributed by atoms with van der Waals surface area (Å²) < 4.78 is 0. The van der Waals surface area contributed by atoms with Crippen molar-refractivity contribution < 1.29 is 0 Å². The Balaban J connectivity index is 1.36. The molecule has 162 valence electrons. The second-order valence-electron chi connectivity index (χ2n) is 8.24. The first-order valence-electron chi connectivity index (χ1n) is 11.9. The number of anilines is 1. The number of hydrogen-bond acceptors (Lipinski definition) is 4. The van der Waals surface area contributed by atoms with Crippen molar-refractivity contribution in [2.75, 3.05) is 11.9 Å². The van der Waals surface area contributed by atoms with Crippen LogP contribution in [0.15, 0.2) is 24.3 Å². The fourth-order valence-corrected chi connectivity index (χ4v) is 3.74. The minimum absolute atomic E-state index is 0.742. The fraction of sp³-hybridized carbons (Fsp3) is 0.708. The predicted octanol–water partition coefficient (Wildman–Crippen LogP) is 6.68. The lowest BCUT2D eigenvalue weighted by atomic mass is 10.0. The topological polar surface area (TPSA) is 66.5 Å². The smallest absolute Gasteiger partial charge is 0.152 e. The molecule has 5 heteroatoms. The average molecular weight is 400 g/mol. The Bertz CT molecular complexity index is 594. The Morgan fingerprint density at radius 1 is 0.724 bits per heavy atom. The largest absolute Gasteiger partial charge is 0.385 e. The number of aromatic amines is 1. The molecule has 0 aliphatic rings. The molecule has 0 saturated carbocycles. The molecule has 1 aromatic carbocycles. The molecule has 0 spiro atoms. The first kappa shape index (κ1) is 23.4. The van der Waals surface area contributed by atoms with Crippen molar-refractivity contribution in [2.24, 2.45) is 0 Å². The second-order valence-corrected chi connectivity index (χ2v) is 8.24. The van der Waals surface area contributed by atoms with Gasteiger partial charge in [-0.15, -0.1) is 5.10 Å². The highest BCUT2D eigenvalue weighted by Gasteiger charge is 2.00. The normalized spacial score (nSPS) is 11.1. The van der Waals surface area contributed by atoms with Gasteiger partial charge in [0.2, 0.25) is 0 Å². The van der Waals surface area contributed by atoms with Gasteiger partial charge >= 0.3 is 0 Å². The molecule has 29 heavy (non-hydrogen) atoms. The van der Waals surface area contributed by atoms with Crippen LogP contribution in [0.25, 0.3) is 0 Å². The van der Waals surface area contributed by atoms with E-state index in [0.29, 0.717) is 0 Å². The number of tetrazole rings is 1. The van der Waals surface area contributed by atoms with Crippen molar-refractivity contribution in [1.29, 1.82) is 0 Å². The number of nitrogens with zero attached hydrogens (tertiary/aromatic N) is 3. The molecule has 1 heterocycles. The van der Waals surface area contributed by atoms with Crippen LogP contribution in [0.2, 0.25) is 0 Å². The summed E-state index contributed by atoms with van der Waals surface area (Å²) in [6.07, 6.45) is 20.4.